The van der Waals surface area contributed by atoms with Gasteiger partial charge in [-0.15, -0.1) is 0 Å². The molecule has 0 unspecified atom stereocenters. The van der Waals surface area contributed by atoms with Crippen LogP contribution in [0.3, 0.4) is 0 Å². The van der Waals surface area contributed by atoms with Gasteiger partial charge >= 0.3 is 11.6 Å². The van der Waals surface area contributed by atoms with Crippen LogP contribution < -0.4 is 10.5 Å². The summed E-state index contributed by atoms with van der Waals surface area (Å²) in [5.74, 6) is -0.377. The van der Waals surface area contributed by atoms with E-state index < -0.39 is 5.63 Å². The zero-order chi connectivity index (χ0) is 18.8. The van der Waals surface area contributed by atoms with Gasteiger partial charge < -0.3 is 14.1 Å². The summed E-state index contributed by atoms with van der Waals surface area (Å²) in [5, 5.41) is 0.889. The number of anilines is 1. The molecule has 0 aliphatic heterocycles. The predicted octanol–water partition coefficient (Wildman–Crippen LogP) is 4.01. The normalized spacial score (nSPS) is 10.8. The molecule has 0 saturated heterocycles. The van der Waals surface area contributed by atoms with Gasteiger partial charge in [0.15, 0.2) is 0 Å². The van der Waals surface area contributed by atoms with Crippen LogP contribution in [0.2, 0.25) is 0 Å². The van der Waals surface area contributed by atoms with Gasteiger partial charge in [0.25, 0.3) is 0 Å². The fraction of sp³-hybridized carbons (Fsp3) is 0.238. The molecule has 0 amide bonds. The van der Waals surface area contributed by atoms with E-state index in [1.54, 1.807) is 31.2 Å². The van der Waals surface area contributed by atoms with Crippen LogP contribution in [0.5, 0.6) is 0 Å². The van der Waals surface area contributed by atoms with Gasteiger partial charge in [-0.1, -0.05) is 12.1 Å². The number of benzene rings is 2. The molecule has 0 aliphatic carbocycles. The molecule has 3 rings (SSSR count). The molecule has 1 heterocycles. The summed E-state index contributed by atoms with van der Waals surface area (Å²) in [6, 6.07) is 12.6. The van der Waals surface area contributed by atoms with E-state index in [0.29, 0.717) is 28.9 Å². The summed E-state index contributed by atoms with van der Waals surface area (Å²) < 4.78 is 10.5. The molecular formula is C21H21NO4. The summed E-state index contributed by atoms with van der Waals surface area (Å²) in [7, 11) is 3.87. The molecule has 0 radical (unpaired) electrons. The standard InChI is InChI=1S/C21H21NO4/c1-5-25-20(23)15-8-6-14(7-9-15)19-13(2)17-11-10-16(22(3)4)12-18(17)26-21(19)24/h6-12H,5H2,1-4H3. The molecule has 0 N–H and O–H groups in total. The third-order valence-electron chi connectivity index (χ3n) is 4.35. The van der Waals surface area contributed by atoms with Gasteiger partial charge in [0.2, 0.25) is 0 Å². The van der Waals surface area contributed by atoms with Gasteiger partial charge in [-0.05, 0) is 49.2 Å². The van der Waals surface area contributed by atoms with E-state index in [-0.39, 0.29) is 5.97 Å². The lowest BCUT2D eigenvalue weighted by Gasteiger charge is -2.14. The Morgan fingerprint density at radius 2 is 1.81 bits per heavy atom. The molecular weight excluding hydrogens is 330 g/mol. The van der Waals surface area contributed by atoms with Crippen LogP contribution >= 0.6 is 0 Å². The Morgan fingerprint density at radius 3 is 2.42 bits per heavy atom. The predicted molar refractivity (Wildman–Crippen MR) is 103 cm³/mol. The Morgan fingerprint density at radius 1 is 1.12 bits per heavy atom. The third-order valence-corrected chi connectivity index (χ3v) is 4.35. The second-order valence-electron chi connectivity index (χ2n) is 6.26. The molecule has 3 aromatic rings. The Labute approximate surface area is 151 Å². The van der Waals surface area contributed by atoms with Gasteiger partial charge in [-0.3, -0.25) is 0 Å². The maximum absolute atomic E-state index is 12.6. The van der Waals surface area contributed by atoms with E-state index in [0.717, 1.165) is 16.6 Å². The molecule has 0 saturated carbocycles. The molecule has 2 aromatic carbocycles. The Hall–Kier alpha value is -3.08. The Kier molecular flexibility index (Phi) is 4.80. The number of aryl methyl sites for hydroxylation is 1. The molecule has 0 aliphatic rings. The molecule has 0 spiro atoms. The van der Waals surface area contributed by atoms with E-state index in [1.807, 2.05) is 44.1 Å². The van der Waals surface area contributed by atoms with Gasteiger partial charge in [-0.2, -0.15) is 0 Å². The zero-order valence-corrected chi connectivity index (χ0v) is 15.3. The highest BCUT2D eigenvalue weighted by atomic mass is 16.5. The smallest absolute Gasteiger partial charge is 0.344 e. The van der Waals surface area contributed by atoms with Gasteiger partial charge in [0.1, 0.15) is 5.58 Å². The van der Waals surface area contributed by atoms with Crippen LogP contribution in [0, 0.1) is 6.92 Å². The van der Waals surface area contributed by atoms with Gasteiger partial charge in [-0.25, -0.2) is 9.59 Å². The number of nitrogens with zero attached hydrogens (tertiary/aromatic N) is 1. The number of carbonyl (C=O) groups excluding carboxylic acids is 1. The van der Waals surface area contributed by atoms with Crippen LogP contribution in [-0.2, 0) is 4.74 Å². The van der Waals surface area contributed by atoms with Crippen molar-refractivity contribution >= 4 is 22.6 Å². The quantitative estimate of drug-likeness (QED) is 0.525. The first-order chi connectivity index (χ1) is 12.4. The highest BCUT2D eigenvalue weighted by molar-refractivity contribution is 5.91. The van der Waals surface area contributed by atoms with Crippen molar-refractivity contribution in [2.24, 2.45) is 0 Å². The van der Waals surface area contributed by atoms with Crippen LogP contribution in [0.1, 0.15) is 22.8 Å². The van der Waals surface area contributed by atoms with E-state index in [1.165, 1.54) is 0 Å². The maximum atomic E-state index is 12.6. The molecule has 0 bridgehead atoms. The average Bonchev–Trinajstić information content (AvgIpc) is 2.62. The van der Waals surface area contributed by atoms with Crippen molar-refractivity contribution in [1.82, 2.24) is 0 Å². The van der Waals surface area contributed by atoms with E-state index in [2.05, 4.69) is 0 Å². The number of hydrogen-bond acceptors (Lipinski definition) is 5. The number of rotatable bonds is 4. The van der Waals surface area contributed by atoms with Crippen LogP contribution in [0.15, 0.2) is 51.7 Å². The first-order valence-corrected chi connectivity index (χ1v) is 8.44. The topological polar surface area (TPSA) is 59.8 Å². The first kappa shape index (κ1) is 17.7. The molecule has 26 heavy (non-hydrogen) atoms. The molecule has 5 nitrogen and oxygen atoms in total. The van der Waals surface area contributed by atoms with E-state index in [4.69, 9.17) is 9.15 Å². The fourth-order valence-electron chi connectivity index (χ4n) is 2.94. The second-order valence-corrected chi connectivity index (χ2v) is 6.26. The number of carbonyl (C=O) groups is 1. The van der Waals surface area contributed by atoms with Crippen LogP contribution in [0.25, 0.3) is 22.1 Å². The van der Waals surface area contributed by atoms with Crippen molar-refractivity contribution < 1.29 is 13.9 Å². The summed E-state index contributed by atoms with van der Waals surface area (Å²) >= 11 is 0. The summed E-state index contributed by atoms with van der Waals surface area (Å²) in [6.45, 7) is 3.99. The minimum Gasteiger partial charge on any atom is -0.462 e. The summed E-state index contributed by atoms with van der Waals surface area (Å²) in [4.78, 5) is 26.3. The summed E-state index contributed by atoms with van der Waals surface area (Å²) in [5.41, 5.74) is 3.65. The first-order valence-electron chi connectivity index (χ1n) is 8.44. The lowest BCUT2D eigenvalue weighted by molar-refractivity contribution is 0.0526. The van der Waals surface area contributed by atoms with Crippen molar-refractivity contribution in [2.45, 2.75) is 13.8 Å². The van der Waals surface area contributed by atoms with Crippen molar-refractivity contribution in [3.63, 3.8) is 0 Å². The highest BCUT2D eigenvalue weighted by Gasteiger charge is 2.15. The number of ether oxygens (including phenoxy) is 1. The van der Waals surface area contributed by atoms with Crippen LogP contribution in [-0.4, -0.2) is 26.7 Å². The highest BCUT2D eigenvalue weighted by Crippen LogP contribution is 2.29. The van der Waals surface area contributed by atoms with Crippen LogP contribution in [0.4, 0.5) is 5.69 Å². The third kappa shape index (κ3) is 3.20. The molecule has 0 fully saturated rings. The minimum absolute atomic E-state index is 0.322. The molecule has 5 heteroatoms. The van der Waals surface area contributed by atoms with Crippen molar-refractivity contribution in [2.75, 3.05) is 25.6 Å². The monoisotopic (exact) mass is 351 g/mol. The Bertz CT molecular complexity index is 1020. The van der Waals surface area contributed by atoms with Crippen molar-refractivity contribution in [3.8, 4) is 11.1 Å². The summed E-state index contributed by atoms with van der Waals surface area (Å²) in [6.07, 6.45) is 0. The average molecular weight is 351 g/mol. The van der Waals surface area contributed by atoms with Crippen molar-refractivity contribution in [3.05, 3.63) is 64.0 Å². The lowest BCUT2D eigenvalue weighted by atomic mass is 9.98. The Balaban J connectivity index is 2.09. The van der Waals surface area contributed by atoms with E-state index in [9.17, 15) is 9.59 Å². The van der Waals surface area contributed by atoms with Crippen molar-refractivity contribution in [1.29, 1.82) is 0 Å². The number of fused-ring (bicyclic) bond motifs is 1. The molecule has 1 aromatic heterocycles. The lowest BCUT2D eigenvalue weighted by Crippen LogP contribution is -2.10. The number of esters is 1. The molecule has 0 atom stereocenters. The SMILES string of the molecule is CCOC(=O)c1ccc(-c2c(C)c3ccc(N(C)C)cc3oc2=O)cc1. The molecule has 134 valence electrons. The number of hydrogen-bond donors (Lipinski definition) is 0. The fourth-order valence-corrected chi connectivity index (χ4v) is 2.94. The van der Waals surface area contributed by atoms with Gasteiger partial charge in [0, 0.05) is 31.2 Å². The largest absolute Gasteiger partial charge is 0.462 e. The zero-order valence-electron chi connectivity index (χ0n) is 15.3. The van der Waals surface area contributed by atoms with E-state index >= 15 is 0 Å². The second kappa shape index (κ2) is 7.04. The maximum Gasteiger partial charge on any atom is 0.344 e. The minimum atomic E-state index is -0.394. The van der Waals surface area contributed by atoms with Gasteiger partial charge in [0.05, 0.1) is 17.7 Å².